The molecule has 17 heteroatoms. The van der Waals surface area contributed by atoms with Crippen LogP contribution in [-0.4, -0.2) is 109 Å². The molecule has 0 amide bonds. The van der Waals surface area contributed by atoms with Crippen molar-refractivity contribution < 1.29 is 22.6 Å². The summed E-state index contributed by atoms with van der Waals surface area (Å²) >= 11 is 6.45. The second-order valence-corrected chi connectivity index (χ2v) is 16.2. The van der Waals surface area contributed by atoms with Gasteiger partial charge in [0.25, 0.3) is 5.88 Å². The lowest BCUT2D eigenvalue weighted by molar-refractivity contribution is -0.0458. The SMILES string of the molecule is CCS(=O)(=O)CCOc1nn(C2CCC(N3[C@@H]4CC[C@H]3COC4)CC2)cc1Nc1ncc(-c2ccc(Cl)c(O[C@@H](C)Cn3cnnn3)c2)cn1. The maximum absolute atomic E-state index is 12.2. The van der Waals surface area contributed by atoms with E-state index in [1.54, 1.807) is 30.1 Å². The number of benzene rings is 1. The van der Waals surface area contributed by atoms with E-state index in [0.717, 1.165) is 50.0 Å². The Labute approximate surface area is 296 Å². The first-order valence-electron chi connectivity index (χ1n) is 17.3. The zero-order valence-corrected chi connectivity index (χ0v) is 29.8. The molecule has 0 radical (unpaired) electrons. The first-order chi connectivity index (χ1) is 24.2. The standard InChI is InChI=1S/C33H43ClN10O5S/c1-3-50(45,46)13-12-48-32-30(18-43(39-32)25-5-7-26(8-6-25)44-27-9-10-28(44)20-47-19-27)38-33-35-15-24(16-36-33)23-4-11-29(34)31(14-23)49-22(2)17-42-21-37-40-41-42/h4,11,14-16,18,21-22,25-28H,3,5-10,12-13,17,19-20H2,1-2H3,(H,35,36,38)/t22-,25?,26?,27-,28+/m0/s1. The van der Waals surface area contributed by atoms with Crippen molar-refractivity contribution in [2.75, 3.05) is 36.6 Å². The van der Waals surface area contributed by atoms with Gasteiger partial charge in [-0.3, -0.25) is 9.58 Å². The van der Waals surface area contributed by atoms with Gasteiger partial charge in [-0.15, -0.1) is 10.2 Å². The molecule has 1 aromatic carbocycles. The van der Waals surface area contributed by atoms with E-state index in [-0.39, 0.29) is 30.3 Å². The summed E-state index contributed by atoms with van der Waals surface area (Å²) < 4.78 is 45.7. The van der Waals surface area contributed by atoms with Crippen molar-refractivity contribution in [1.29, 1.82) is 0 Å². The molecule has 4 aromatic rings. The summed E-state index contributed by atoms with van der Waals surface area (Å²) in [7, 11) is -3.20. The highest BCUT2D eigenvalue weighted by Gasteiger charge is 2.42. The molecule has 268 valence electrons. The molecule has 1 saturated carbocycles. The van der Waals surface area contributed by atoms with Crippen LogP contribution in [0.1, 0.15) is 58.4 Å². The molecule has 50 heavy (non-hydrogen) atoms. The van der Waals surface area contributed by atoms with Crippen LogP contribution in [0.5, 0.6) is 11.6 Å². The Kier molecular flexibility index (Phi) is 10.5. The molecule has 5 heterocycles. The number of nitrogens with zero attached hydrogens (tertiary/aromatic N) is 9. The van der Waals surface area contributed by atoms with Crippen LogP contribution < -0.4 is 14.8 Å². The van der Waals surface area contributed by atoms with Crippen molar-refractivity contribution in [2.45, 2.75) is 89.2 Å². The average Bonchev–Trinajstić information content (AvgIpc) is 3.84. The molecule has 2 bridgehead atoms. The topological polar surface area (TPSA) is 164 Å². The van der Waals surface area contributed by atoms with Crippen LogP contribution in [0.25, 0.3) is 11.1 Å². The number of hydrogen-bond acceptors (Lipinski definition) is 13. The van der Waals surface area contributed by atoms with Crippen LogP contribution in [-0.2, 0) is 21.1 Å². The smallest absolute Gasteiger partial charge is 0.256 e. The number of halogens is 1. The van der Waals surface area contributed by atoms with Crippen molar-refractivity contribution in [1.82, 2.24) is 44.9 Å². The fraction of sp³-hybridized carbons (Fsp3) is 0.576. The molecule has 2 aliphatic heterocycles. The second-order valence-electron chi connectivity index (χ2n) is 13.3. The van der Waals surface area contributed by atoms with Gasteiger partial charge in [0.2, 0.25) is 5.95 Å². The molecule has 3 aliphatic rings. The van der Waals surface area contributed by atoms with E-state index in [0.29, 0.717) is 53.0 Å². The van der Waals surface area contributed by atoms with E-state index in [1.807, 2.05) is 29.9 Å². The molecule has 2 saturated heterocycles. The van der Waals surface area contributed by atoms with Crippen LogP contribution in [0.4, 0.5) is 11.6 Å². The Morgan fingerprint density at radius 1 is 1.02 bits per heavy atom. The Balaban J connectivity index is 1.03. The monoisotopic (exact) mass is 726 g/mol. The third-order valence-electron chi connectivity index (χ3n) is 9.86. The maximum atomic E-state index is 12.2. The first-order valence-corrected chi connectivity index (χ1v) is 19.5. The molecule has 0 unspecified atom stereocenters. The highest BCUT2D eigenvalue weighted by atomic mass is 35.5. The Bertz CT molecular complexity index is 1820. The minimum absolute atomic E-state index is 0.00349. The van der Waals surface area contributed by atoms with Gasteiger partial charge in [0.15, 0.2) is 9.84 Å². The molecule has 7 rings (SSSR count). The summed E-state index contributed by atoms with van der Waals surface area (Å²) in [5.74, 6) is 1.18. The largest absolute Gasteiger partial charge is 0.487 e. The van der Waals surface area contributed by atoms with Crippen LogP contribution in [0.3, 0.4) is 0 Å². The van der Waals surface area contributed by atoms with E-state index in [4.69, 9.17) is 30.9 Å². The Hall–Kier alpha value is -3.86. The predicted molar refractivity (Wildman–Crippen MR) is 186 cm³/mol. The number of nitrogens with one attached hydrogen (secondary N) is 1. The highest BCUT2D eigenvalue weighted by molar-refractivity contribution is 7.91. The maximum Gasteiger partial charge on any atom is 0.256 e. The number of anilines is 2. The summed E-state index contributed by atoms with van der Waals surface area (Å²) in [4.78, 5) is 11.9. The fourth-order valence-corrected chi connectivity index (χ4v) is 8.05. The predicted octanol–water partition coefficient (Wildman–Crippen LogP) is 4.35. The molecule has 1 N–H and O–H groups in total. The lowest BCUT2D eigenvalue weighted by Crippen LogP contribution is -2.52. The summed E-state index contributed by atoms with van der Waals surface area (Å²) in [5, 5.41) is 19.7. The number of tetrazole rings is 1. The zero-order chi connectivity index (χ0) is 34.7. The number of ether oxygens (including phenoxy) is 3. The van der Waals surface area contributed by atoms with Crippen LogP contribution >= 0.6 is 11.6 Å². The minimum atomic E-state index is -3.20. The van der Waals surface area contributed by atoms with Crippen molar-refractivity contribution in [3.8, 4) is 22.8 Å². The van der Waals surface area contributed by atoms with E-state index < -0.39 is 9.84 Å². The second kappa shape index (κ2) is 15.2. The molecule has 3 aromatic heterocycles. The van der Waals surface area contributed by atoms with E-state index in [1.165, 1.54) is 19.2 Å². The van der Waals surface area contributed by atoms with Gasteiger partial charge in [0.1, 0.15) is 30.5 Å². The van der Waals surface area contributed by atoms with E-state index in [9.17, 15) is 8.42 Å². The summed E-state index contributed by atoms with van der Waals surface area (Å²) in [6.07, 6.45) is 13.3. The van der Waals surface area contributed by atoms with Gasteiger partial charge < -0.3 is 19.5 Å². The van der Waals surface area contributed by atoms with Crippen molar-refractivity contribution in [3.63, 3.8) is 0 Å². The third kappa shape index (κ3) is 8.03. The van der Waals surface area contributed by atoms with Crippen molar-refractivity contribution in [3.05, 3.63) is 48.1 Å². The molecule has 3 atom stereocenters. The Morgan fingerprint density at radius 2 is 1.74 bits per heavy atom. The van der Waals surface area contributed by atoms with E-state index in [2.05, 4.69) is 35.7 Å². The zero-order valence-electron chi connectivity index (χ0n) is 28.3. The molecule has 0 spiro atoms. The first kappa shape index (κ1) is 34.6. The van der Waals surface area contributed by atoms with Gasteiger partial charge in [-0.2, -0.15) is 0 Å². The lowest BCUT2D eigenvalue weighted by atomic mass is 9.89. The van der Waals surface area contributed by atoms with Gasteiger partial charge in [-0.1, -0.05) is 24.6 Å². The highest BCUT2D eigenvalue weighted by Crippen LogP contribution is 2.39. The molecular weight excluding hydrogens is 684 g/mol. The number of morpholine rings is 1. The van der Waals surface area contributed by atoms with Crippen LogP contribution in [0.2, 0.25) is 5.02 Å². The molecule has 15 nitrogen and oxygen atoms in total. The van der Waals surface area contributed by atoms with Crippen LogP contribution in [0.15, 0.2) is 43.1 Å². The van der Waals surface area contributed by atoms with Crippen molar-refractivity contribution in [2.24, 2.45) is 0 Å². The van der Waals surface area contributed by atoms with Crippen LogP contribution in [0, 0.1) is 0 Å². The summed E-state index contributed by atoms with van der Waals surface area (Å²) in [6.45, 7) is 5.71. The van der Waals surface area contributed by atoms with Gasteiger partial charge in [-0.25, -0.2) is 23.1 Å². The normalized spacial score (nSPS) is 23.1. The molecule has 3 fully saturated rings. The van der Waals surface area contributed by atoms with Crippen molar-refractivity contribution >= 4 is 33.1 Å². The fourth-order valence-electron chi connectivity index (χ4n) is 7.26. The third-order valence-corrected chi connectivity index (χ3v) is 11.8. The minimum Gasteiger partial charge on any atom is -0.487 e. The summed E-state index contributed by atoms with van der Waals surface area (Å²) in [6, 6.07) is 7.39. The number of rotatable bonds is 14. The summed E-state index contributed by atoms with van der Waals surface area (Å²) in [5.41, 5.74) is 2.19. The number of fused-ring (bicyclic) bond motifs is 2. The number of sulfone groups is 1. The Morgan fingerprint density at radius 3 is 2.44 bits per heavy atom. The van der Waals surface area contributed by atoms with E-state index >= 15 is 0 Å². The van der Waals surface area contributed by atoms with Gasteiger partial charge in [-0.05, 0) is 73.6 Å². The number of aromatic nitrogens is 8. The quantitative estimate of drug-likeness (QED) is 0.195. The average molecular weight is 727 g/mol. The lowest BCUT2D eigenvalue weighted by Gasteiger charge is -2.43. The van der Waals surface area contributed by atoms with Gasteiger partial charge >= 0.3 is 0 Å². The molecular formula is C33H43ClN10O5S. The number of hydrogen-bond donors (Lipinski definition) is 1. The molecule has 1 aliphatic carbocycles. The van der Waals surface area contributed by atoms with Gasteiger partial charge in [0, 0.05) is 41.8 Å². The van der Waals surface area contributed by atoms with Gasteiger partial charge in [0.05, 0.1) is 42.8 Å².